The van der Waals surface area contributed by atoms with Gasteiger partial charge >= 0.3 is 5.97 Å². The first-order chi connectivity index (χ1) is 12.2. The fraction of sp³-hybridized carbons (Fsp3) is 0.133. The number of ether oxygens (including phenoxy) is 1. The molecular formula is C15H12Cl2N2O6S. The molecule has 0 N–H and O–H groups in total. The Hall–Kier alpha value is -2.36. The number of anilines is 1. The van der Waals surface area contributed by atoms with Crippen molar-refractivity contribution >= 4 is 50.6 Å². The van der Waals surface area contributed by atoms with Gasteiger partial charge in [0.05, 0.1) is 27.6 Å². The van der Waals surface area contributed by atoms with Crippen LogP contribution in [0.5, 0.6) is 0 Å². The number of esters is 1. The minimum atomic E-state index is -4.27. The van der Waals surface area contributed by atoms with Gasteiger partial charge in [0, 0.05) is 17.2 Å². The number of carbonyl (C=O) groups excluding carboxylic acids is 1. The van der Waals surface area contributed by atoms with Crippen molar-refractivity contribution in [2.75, 3.05) is 18.0 Å². The topological polar surface area (TPSA) is 107 Å². The van der Waals surface area contributed by atoms with Crippen LogP contribution < -0.4 is 4.31 Å². The van der Waals surface area contributed by atoms with Crippen LogP contribution in [0.2, 0.25) is 10.0 Å². The molecule has 0 saturated heterocycles. The first-order valence-corrected chi connectivity index (χ1v) is 9.15. The molecule has 0 bridgehead atoms. The summed E-state index contributed by atoms with van der Waals surface area (Å²) in [7, 11) is -3.16. The minimum Gasteiger partial charge on any atom is -0.468 e. The quantitative estimate of drug-likeness (QED) is 0.404. The van der Waals surface area contributed by atoms with Gasteiger partial charge in [-0.05, 0) is 30.3 Å². The van der Waals surface area contributed by atoms with Gasteiger partial charge in [-0.1, -0.05) is 23.2 Å². The zero-order valence-electron chi connectivity index (χ0n) is 13.3. The Morgan fingerprint density at radius 2 is 1.81 bits per heavy atom. The summed E-state index contributed by atoms with van der Waals surface area (Å²) in [5.41, 5.74) is -0.299. The lowest BCUT2D eigenvalue weighted by Gasteiger charge is -2.24. The van der Waals surface area contributed by atoms with Crippen LogP contribution in [-0.4, -0.2) is 33.0 Å². The SMILES string of the molecule is COC(=O)CN(c1cc(Cl)ccc1Cl)S(=O)(=O)c1ccc([N+](=O)[O-])cc1. The molecule has 0 spiro atoms. The van der Waals surface area contributed by atoms with E-state index in [9.17, 15) is 23.3 Å². The molecule has 0 aliphatic rings. The van der Waals surface area contributed by atoms with E-state index in [1.807, 2.05) is 0 Å². The molecule has 0 heterocycles. The zero-order chi connectivity index (χ0) is 19.5. The summed E-state index contributed by atoms with van der Waals surface area (Å²) in [6.45, 7) is -0.657. The molecular weight excluding hydrogens is 407 g/mol. The van der Waals surface area contributed by atoms with Gasteiger partial charge in [0.2, 0.25) is 0 Å². The summed E-state index contributed by atoms with van der Waals surface area (Å²) in [6.07, 6.45) is 0. The lowest BCUT2D eigenvalue weighted by molar-refractivity contribution is -0.384. The fourth-order valence-corrected chi connectivity index (χ4v) is 3.88. The van der Waals surface area contributed by atoms with Crippen LogP contribution in [0, 0.1) is 10.1 Å². The number of benzene rings is 2. The summed E-state index contributed by atoms with van der Waals surface area (Å²) in [4.78, 5) is 21.5. The van der Waals surface area contributed by atoms with E-state index in [4.69, 9.17) is 23.2 Å². The second kappa shape index (κ2) is 7.90. The van der Waals surface area contributed by atoms with Crippen LogP contribution in [0.3, 0.4) is 0 Å². The molecule has 11 heteroatoms. The Bertz CT molecular complexity index is 947. The van der Waals surface area contributed by atoms with E-state index in [1.165, 1.54) is 18.2 Å². The third-order valence-corrected chi connectivity index (χ3v) is 5.64. The summed E-state index contributed by atoms with van der Waals surface area (Å²) in [5, 5.41) is 11.0. The summed E-state index contributed by atoms with van der Waals surface area (Å²) >= 11 is 12.0. The highest BCUT2D eigenvalue weighted by Gasteiger charge is 2.29. The van der Waals surface area contributed by atoms with Crippen molar-refractivity contribution in [1.82, 2.24) is 0 Å². The van der Waals surface area contributed by atoms with Gasteiger partial charge in [0.25, 0.3) is 15.7 Å². The molecule has 0 saturated carbocycles. The van der Waals surface area contributed by atoms with Crippen LogP contribution >= 0.6 is 23.2 Å². The molecule has 0 aromatic heterocycles. The van der Waals surface area contributed by atoms with Crippen LogP contribution in [0.25, 0.3) is 0 Å². The molecule has 0 atom stereocenters. The number of hydrogen-bond acceptors (Lipinski definition) is 6. The summed E-state index contributed by atoms with van der Waals surface area (Å²) in [6, 6.07) is 8.35. The maximum absolute atomic E-state index is 13.0. The zero-order valence-corrected chi connectivity index (χ0v) is 15.6. The first kappa shape index (κ1) is 20.0. The van der Waals surface area contributed by atoms with Crippen LogP contribution in [0.1, 0.15) is 0 Å². The molecule has 0 aliphatic heterocycles. The predicted octanol–water partition coefficient (Wildman–Crippen LogP) is 3.27. The third kappa shape index (κ3) is 4.24. The van der Waals surface area contributed by atoms with Crippen molar-refractivity contribution < 1.29 is 22.9 Å². The van der Waals surface area contributed by atoms with E-state index in [1.54, 1.807) is 0 Å². The van der Waals surface area contributed by atoms with E-state index in [-0.39, 0.29) is 26.3 Å². The van der Waals surface area contributed by atoms with Crippen LogP contribution in [-0.2, 0) is 19.6 Å². The number of methoxy groups -OCH3 is 1. The standard InChI is InChI=1S/C15H12Cl2N2O6S/c1-25-15(20)9-18(14-8-10(16)2-7-13(14)17)26(23,24)12-5-3-11(4-6-12)19(21)22/h2-8H,9H2,1H3. The average molecular weight is 419 g/mol. The lowest BCUT2D eigenvalue weighted by Crippen LogP contribution is -2.36. The summed E-state index contributed by atoms with van der Waals surface area (Å²) < 4.78 is 31.2. The molecule has 0 radical (unpaired) electrons. The van der Waals surface area contributed by atoms with Crippen LogP contribution in [0.4, 0.5) is 11.4 Å². The van der Waals surface area contributed by atoms with Gasteiger partial charge in [0.1, 0.15) is 6.54 Å². The lowest BCUT2D eigenvalue weighted by atomic mass is 10.3. The Morgan fingerprint density at radius 1 is 1.19 bits per heavy atom. The number of nitro benzene ring substituents is 1. The maximum Gasteiger partial charge on any atom is 0.326 e. The van der Waals surface area contributed by atoms with Crippen molar-refractivity contribution in [2.45, 2.75) is 4.90 Å². The predicted molar refractivity (Wildman–Crippen MR) is 96.1 cm³/mol. The number of carbonyl (C=O) groups is 1. The minimum absolute atomic E-state index is 0.0251. The molecule has 138 valence electrons. The number of non-ortho nitro benzene ring substituents is 1. The second-order valence-corrected chi connectivity index (χ2v) is 7.64. The van der Waals surface area contributed by atoms with E-state index in [0.29, 0.717) is 0 Å². The molecule has 2 rings (SSSR count). The van der Waals surface area contributed by atoms with Crippen molar-refractivity contribution in [3.63, 3.8) is 0 Å². The number of hydrogen-bond donors (Lipinski definition) is 0. The Labute approximate surface area is 159 Å². The number of rotatable bonds is 6. The Balaban J connectivity index is 2.57. The fourth-order valence-electron chi connectivity index (χ4n) is 2.03. The smallest absolute Gasteiger partial charge is 0.326 e. The number of sulfonamides is 1. The second-order valence-electron chi connectivity index (χ2n) is 4.93. The Morgan fingerprint density at radius 3 is 2.35 bits per heavy atom. The number of nitrogens with zero attached hydrogens (tertiary/aromatic N) is 2. The van der Waals surface area contributed by atoms with Gasteiger partial charge in [-0.3, -0.25) is 19.2 Å². The Kier molecular flexibility index (Phi) is 6.06. The third-order valence-electron chi connectivity index (χ3n) is 3.31. The van der Waals surface area contributed by atoms with E-state index in [2.05, 4.69) is 4.74 Å². The van der Waals surface area contributed by atoms with Gasteiger partial charge < -0.3 is 4.74 Å². The maximum atomic E-state index is 13.0. The van der Waals surface area contributed by atoms with Crippen molar-refractivity contribution in [3.8, 4) is 0 Å². The van der Waals surface area contributed by atoms with Crippen molar-refractivity contribution in [2.24, 2.45) is 0 Å². The summed E-state index contributed by atoms with van der Waals surface area (Å²) in [5.74, 6) is -0.827. The largest absolute Gasteiger partial charge is 0.468 e. The van der Waals surface area contributed by atoms with Gasteiger partial charge in [-0.25, -0.2) is 8.42 Å². The average Bonchev–Trinajstić information content (AvgIpc) is 2.61. The van der Waals surface area contributed by atoms with E-state index >= 15 is 0 Å². The highest BCUT2D eigenvalue weighted by molar-refractivity contribution is 7.92. The van der Waals surface area contributed by atoms with Gasteiger partial charge in [-0.2, -0.15) is 0 Å². The van der Waals surface area contributed by atoms with Gasteiger partial charge in [0.15, 0.2) is 0 Å². The van der Waals surface area contributed by atoms with E-state index < -0.39 is 27.5 Å². The molecule has 0 unspecified atom stereocenters. The monoisotopic (exact) mass is 418 g/mol. The van der Waals surface area contributed by atoms with Crippen LogP contribution in [0.15, 0.2) is 47.4 Å². The molecule has 0 fully saturated rings. The first-order valence-electron chi connectivity index (χ1n) is 6.96. The molecule has 0 amide bonds. The molecule has 2 aromatic rings. The van der Waals surface area contributed by atoms with Crippen molar-refractivity contribution in [1.29, 1.82) is 0 Å². The number of nitro groups is 1. The molecule has 2 aromatic carbocycles. The molecule has 26 heavy (non-hydrogen) atoms. The van der Waals surface area contributed by atoms with Crippen molar-refractivity contribution in [3.05, 3.63) is 62.6 Å². The molecule has 8 nitrogen and oxygen atoms in total. The highest BCUT2D eigenvalue weighted by Crippen LogP contribution is 2.33. The van der Waals surface area contributed by atoms with E-state index in [0.717, 1.165) is 35.7 Å². The van der Waals surface area contributed by atoms with Gasteiger partial charge in [-0.15, -0.1) is 0 Å². The highest BCUT2D eigenvalue weighted by atomic mass is 35.5. The normalized spacial score (nSPS) is 11.0. The molecule has 0 aliphatic carbocycles. The number of halogens is 2.